The summed E-state index contributed by atoms with van der Waals surface area (Å²) in [6.45, 7) is 6.89. The lowest BCUT2D eigenvalue weighted by molar-refractivity contribution is 0.0971. The van der Waals surface area contributed by atoms with Gasteiger partial charge in [0.15, 0.2) is 0 Å². The zero-order valence-electron chi connectivity index (χ0n) is 12.8. The number of carbonyl (C=O) groups excluding carboxylic acids is 2. The van der Waals surface area contributed by atoms with Gasteiger partial charge in [-0.05, 0) is 18.3 Å². The van der Waals surface area contributed by atoms with Gasteiger partial charge in [-0.15, -0.1) is 0 Å². The summed E-state index contributed by atoms with van der Waals surface area (Å²) in [5.41, 5.74) is 0. The molecule has 0 aliphatic heterocycles. The van der Waals surface area contributed by atoms with Crippen LogP contribution in [-0.4, -0.2) is 36.3 Å². The first-order valence-corrected chi connectivity index (χ1v) is 12.1. The largest absolute Gasteiger partial charge is 0.496 e. The molecule has 1 rings (SSSR count). The number of hydrogen-bond acceptors (Lipinski definition) is 6. The fraction of sp³-hybridized carbons (Fsp3) is 0.385. The number of hydrogen-bond donors (Lipinski definition) is 0. The monoisotopic (exact) mass is 328 g/mol. The van der Waals surface area contributed by atoms with Crippen LogP contribution in [0.15, 0.2) is 30.3 Å². The molecular weight excluding hydrogens is 308 g/mol. The molecule has 21 heavy (non-hydrogen) atoms. The van der Waals surface area contributed by atoms with Crippen LogP contribution in [0, 0.1) is 0 Å². The van der Waals surface area contributed by atoms with Gasteiger partial charge >= 0.3 is 20.9 Å². The van der Waals surface area contributed by atoms with Crippen LogP contribution in [0.5, 0.6) is 0 Å². The summed E-state index contributed by atoms with van der Waals surface area (Å²) in [5.74, 6) is 0. The van der Waals surface area contributed by atoms with Crippen molar-refractivity contribution in [3.05, 3.63) is 30.3 Å². The molecule has 6 nitrogen and oxygen atoms in total. The maximum atomic E-state index is 11.9. The van der Waals surface area contributed by atoms with Crippen LogP contribution in [0.4, 0.5) is 9.59 Å². The van der Waals surface area contributed by atoms with Crippen molar-refractivity contribution in [3.63, 3.8) is 0 Å². The van der Waals surface area contributed by atoms with Crippen molar-refractivity contribution in [1.82, 2.24) is 0 Å². The number of rotatable bonds is 4. The fourth-order valence-electron chi connectivity index (χ4n) is 1.59. The van der Waals surface area contributed by atoms with Crippen LogP contribution in [0.25, 0.3) is 0 Å². The van der Waals surface area contributed by atoms with Gasteiger partial charge in [0.2, 0.25) is 0 Å². The van der Waals surface area contributed by atoms with Crippen molar-refractivity contribution < 1.29 is 27.6 Å². The summed E-state index contributed by atoms with van der Waals surface area (Å²) in [5, 5.41) is 0.968. The minimum Gasteiger partial charge on any atom is -0.486 e. The van der Waals surface area contributed by atoms with Crippen molar-refractivity contribution >= 4 is 34.4 Å². The van der Waals surface area contributed by atoms with Gasteiger partial charge in [0, 0.05) is 13.1 Å². The number of carbonyl (C=O) groups is 2. The Bertz CT molecular complexity index is 501. The first kappa shape index (κ1) is 17.2. The lowest BCUT2D eigenvalue weighted by Gasteiger charge is -2.26. The molecule has 0 heterocycles. The van der Waals surface area contributed by atoms with E-state index in [0.717, 1.165) is 5.19 Å². The first-order valence-electron chi connectivity index (χ1n) is 6.41. The van der Waals surface area contributed by atoms with Gasteiger partial charge in [0.05, 0.1) is 7.11 Å². The highest BCUT2D eigenvalue weighted by atomic mass is 28.4. The summed E-state index contributed by atoms with van der Waals surface area (Å²) < 4.78 is 19.9. The predicted octanol–water partition coefficient (Wildman–Crippen LogP) is 2.74. The SMILES string of the molecule is COC(=O)O[Si](C)(C)OC(=O)O[Si](C)(C)c1ccccc1. The van der Waals surface area contributed by atoms with E-state index in [1.165, 1.54) is 7.11 Å². The Morgan fingerprint density at radius 1 is 0.857 bits per heavy atom. The Balaban J connectivity index is 2.67. The van der Waals surface area contributed by atoms with Crippen molar-refractivity contribution in [2.75, 3.05) is 7.11 Å². The average molecular weight is 328 g/mol. The highest BCUT2D eigenvalue weighted by molar-refractivity contribution is 6.85. The van der Waals surface area contributed by atoms with E-state index < -0.39 is 29.2 Å². The summed E-state index contributed by atoms with van der Waals surface area (Å²) >= 11 is 0. The molecule has 1 aromatic rings. The average Bonchev–Trinajstić information content (AvgIpc) is 2.37. The molecule has 0 spiro atoms. The van der Waals surface area contributed by atoms with E-state index in [-0.39, 0.29) is 0 Å². The number of ether oxygens (including phenoxy) is 1. The van der Waals surface area contributed by atoms with Gasteiger partial charge in [-0.25, -0.2) is 9.59 Å². The normalized spacial score (nSPS) is 11.5. The molecule has 0 N–H and O–H groups in total. The van der Waals surface area contributed by atoms with Crippen molar-refractivity contribution in [3.8, 4) is 0 Å². The van der Waals surface area contributed by atoms with Crippen LogP contribution in [0.3, 0.4) is 0 Å². The fourth-order valence-corrected chi connectivity index (χ4v) is 4.22. The van der Waals surface area contributed by atoms with E-state index in [4.69, 9.17) is 13.3 Å². The molecule has 8 heteroatoms. The zero-order chi connectivity index (χ0) is 16.1. The second-order valence-corrected chi connectivity index (χ2v) is 12.3. The third-order valence-electron chi connectivity index (χ3n) is 2.63. The minimum absolute atomic E-state index is 0.823. The Hall–Kier alpha value is -1.81. The van der Waals surface area contributed by atoms with E-state index in [2.05, 4.69) is 4.74 Å². The highest BCUT2D eigenvalue weighted by Crippen LogP contribution is 2.13. The zero-order valence-corrected chi connectivity index (χ0v) is 14.8. The van der Waals surface area contributed by atoms with Gasteiger partial charge in [-0.3, -0.25) is 0 Å². The molecule has 0 amide bonds. The molecular formula is C13H20O6Si2. The molecule has 0 bridgehead atoms. The quantitative estimate of drug-likeness (QED) is 0.625. The van der Waals surface area contributed by atoms with E-state index in [1.807, 2.05) is 43.4 Å². The van der Waals surface area contributed by atoms with Gasteiger partial charge < -0.3 is 18.0 Å². The third-order valence-corrected chi connectivity index (χ3v) is 6.35. The molecule has 0 radical (unpaired) electrons. The summed E-state index contributed by atoms with van der Waals surface area (Å²) in [4.78, 5) is 23.0. The van der Waals surface area contributed by atoms with Crippen LogP contribution >= 0.6 is 0 Å². The molecule has 0 aliphatic carbocycles. The molecule has 0 saturated carbocycles. The number of benzene rings is 1. The Morgan fingerprint density at radius 2 is 1.38 bits per heavy atom. The maximum Gasteiger partial charge on any atom is 0.496 e. The van der Waals surface area contributed by atoms with Crippen LogP contribution < -0.4 is 5.19 Å². The second-order valence-electron chi connectivity index (χ2n) is 5.29. The standard InChI is InChI=1S/C13H20O6Si2/c1-16-12(14)18-21(4,5)19-13(15)17-20(2,3)11-9-7-6-8-10-11/h6-10H,1-5H3. The van der Waals surface area contributed by atoms with E-state index in [9.17, 15) is 9.59 Å². The predicted molar refractivity (Wildman–Crippen MR) is 82.1 cm³/mol. The highest BCUT2D eigenvalue weighted by Gasteiger charge is 2.38. The molecule has 0 aliphatic rings. The van der Waals surface area contributed by atoms with E-state index in [0.29, 0.717) is 0 Å². The minimum atomic E-state index is -2.98. The molecule has 0 fully saturated rings. The van der Waals surface area contributed by atoms with Crippen LogP contribution in [0.1, 0.15) is 0 Å². The van der Waals surface area contributed by atoms with Gasteiger partial charge in [0.25, 0.3) is 8.32 Å². The Kier molecular flexibility index (Phi) is 5.56. The lowest BCUT2D eigenvalue weighted by atomic mass is 10.4. The molecule has 0 saturated heterocycles. The third kappa shape index (κ3) is 5.60. The topological polar surface area (TPSA) is 71.1 Å². The molecule has 0 aromatic heterocycles. The van der Waals surface area contributed by atoms with Crippen molar-refractivity contribution in [1.29, 1.82) is 0 Å². The molecule has 0 unspecified atom stereocenters. The summed E-state index contributed by atoms with van der Waals surface area (Å²) in [6.07, 6.45) is -1.70. The van der Waals surface area contributed by atoms with Crippen LogP contribution in [0.2, 0.25) is 26.2 Å². The smallest absolute Gasteiger partial charge is 0.486 e. The maximum absolute atomic E-state index is 11.9. The van der Waals surface area contributed by atoms with Crippen molar-refractivity contribution in [2.45, 2.75) is 26.2 Å². The summed E-state index contributed by atoms with van der Waals surface area (Å²) in [6, 6.07) is 9.49. The first-order chi connectivity index (χ1) is 9.66. The van der Waals surface area contributed by atoms with Gasteiger partial charge in [0.1, 0.15) is 0 Å². The lowest BCUT2D eigenvalue weighted by Crippen LogP contribution is -2.49. The Morgan fingerprint density at radius 3 is 1.90 bits per heavy atom. The molecule has 0 atom stereocenters. The van der Waals surface area contributed by atoms with Crippen molar-refractivity contribution in [2.24, 2.45) is 0 Å². The second kappa shape index (κ2) is 6.77. The van der Waals surface area contributed by atoms with E-state index >= 15 is 0 Å². The van der Waals surface area contributed by atoms with Crippen LogP contribution in [-0.2, 0) is 18.0 Å². The van der Waals surface area contributed by atoms with Gasteiger partial charge in [-0.2, -0.15) is 0 Å². The van der Waals surface area contributed by atoms with E-state index in [1.54, 1.807) is 13.1 Å². The Labute approximate surface area is 126 Å². The van der Waals surface area contributed by atoms with Gasteiger partial charge in [-0.1, -0.05) is 30.3 Å². The summed E-state index contributed by atoms with van der Waals surface area (Å²) in [7, 11) is -4.20. The number of methoxy groups -OCH3 is 1. The molecule has 1 aromatic carbocycles. The molecule has 116 valence electrons.